The Kier molecular flexibility index (Phi) is 5.48. The minimum Gasteiger partial charge on any atom is -0.497 e. The van der Waals surface area contributed by atoms with E-state index in [1.54, 1.807) is 36.3 Å². The summed E-state index contributed by atoms with van der Waals surface area (Å²) in [6.45, 7) is 0.442. The van der Waals surface area contributed by atoms with Crippen LogP contribution in [0.2, 0.25) is 5.02 Å². The first-order valence-electron chi connectivity index (χ1n) is 6.39. The Balaban J connectivity index is 2.23. The summed E-state index contributed by atoms with van der Waals surface area (Å²) in [4.78, 5) is 13.7. The highest BCUT2D eigenvalue weighted by molar-refractivity contribution is 6.31. The smallest absolute Gasteiger partial charge is 0.242 e. The van der Waals surface area contributed by atoms with Crippen LogP contribution in [0.4, 0.5) is 5.69 Å². The number of nitrogens with zero attached hydrogens (tertiary/aromatic N) is 1. The molecule has 0 heterocycles. The highest BCUT2D eigenvalue weighted by Crippen LogP contribution is 2.21. The molecule has 0 saturated heterocycles. The maximum absolute atomic E-state index is 12.1. The van der Waals surface area contributed by atoms with Gasteiger partial charge in [0.05, 0.1) is 13.7 Å². The third-order valence-corrected chi connectivity index (χ3v) is 3.53. The Morgan fingerprint density at radius 3 is 2.24 bits per heavy atom. The molecule has 0 aromatic heterocycles. The summed E-state index contributed by atoms with van der Waals surface area (Å²) < 4.78 is 5.12. The van der Waals surface area contributed by atoms with Crippen LogP contribution in [0.25, 0.3) is 0 Å². The second-order valence-electron chi connectivity index (χ2n) is 4.44. The van der Waals surface area contributed by atoms with Gasteiger partial charge in [0.2, 0.25) is 5.91 Å². The number of carbonyl (C=O) groups excluding carboxylic acids is 1. The number of carbonyl (C=O) groups is 1. The van der Waals surface area contributed by atoms with Crippen molar-refractivity contribution in [2.24, 2.45) is 0 Å². The number of hydrogen-bond acceptors (Lipinski definition) is 2. The van der Waals surface area contributed by atoms with Crippen molar-refractivity contribution < 1.29 is 9.53 Å². The van der Waals surface area contributed by atoms with Crippen LogP contribution in [0.5, 0.6) is 5.75 Å². The molecule has 0 atom stereocenters. The van der Waals surface area contributed by atoms with E-state index >= 15 is 0 Å². The van der Waals surface area contributed by atoms with E-state index in [0.29, 0.717) is 11.6 Å². The molecule has 0 N–H and O–H groups in total. The zero-order chi connectivity index (χ0) is 15.2. The summed E-state index contributed by atoms with van der Waals surface area (Å²) in [7, 11) is 1.62. The number of benzene rings is 2. The molecule has 0 aliphatic carbocycles. The minimum absolute atomic E-state index is 0.0707. The molecule has 2 rings (SSSR count). The molecule has 2 aromatic rings. The fourth-order valence-corrected chi connectivity index (χ4v) is 2.20. The second kappa shape index (κ2) is 7.34. The zero-order valence-corrected chi connectivity index (χ0v) is 13.1. The summed E-state index contributed by atoms with van der Waals surface area (Å²) in [5.41, 5.74) is 1.75. The average molecular weight is 324 g/mol. The van der Waals surface area contributed by atoms with Crippen LogP contribution in [-0.4, -0.2) is 18.9 Å². The predicted molar refractivity (Wildman–Crippen MR) is 86.4 cm³/mol. The highest BCUT2D eigenvalue weighted by Gasteiger charge is 2.15. The van der Waals surface area contributed by atoms with Gasteiger partial charge in [-0.1, -0.05) is 23.7 Å². The lowest BCUT2D eigenvalue weighted by Crippen LogP contribution is -2.31. The predicted octanol–water partition coefficient (Wildman–Crippen LogP) is 4.12. The lowest BCUT2D eigenvalue weighted by molar-refractivity contribution is -0.116. The number of halogens is 2. The van der Waals surface area contributed by atoms with Crippen LogP contribution in [0, 0.1) is 0 Å². The van der Waals surface area contributed by atoms with Gasteiger partial charge in [-0.25, -0.2) is 0 Å². The Morgan fingerprint density at radius 1 is 1.10 bits per heavy atom. The van der Waals surface area contributed by atoms with Crippen LogP contribution in [0.3, 0.4) is 0 Å². The van der Waals surface area contributed by atoms with Crippen LogP contribution >= 0.6 is 23.2 Å². The maximum atomic E-state index is 12.1. The number of hydrogen-bond donors (Lipinski definition) is 0. The van der Waals surface area contributed by atoms with Gasteiger partial charge in [0.25, 0.3) is 0 Å². The molecule has 3 nitrogen and oxygen atoms in total. The molecule has 0 radical (unpaired) electrons. The van der Waals surface area contributed by atoms with Gasteiger partial charge in [0, 0.05) is 10.7 Å². The van der Waals surface area contributed by atoms with Gasteiger partial charge in [0.1, 0.15) is 11.6 Å². The number of amides is 1. The van der Waals surface area contributed by atoms with E-state index in [1.165, 1.54) is 0 Å². The quantitative estimate of drug-likeness (QED) is 0.774. The molecular formula is C16H15Cl2NO2. The van der Waals surface area contributed by atoms with Crippen molar-refractivity contribution in [3.8, 4) is 5.75 Å². The van der Waals surface area contributed by atoms with Gasteiger partial charge >= 0.3 is 0 Å². The molecule has 1 amide bonds. The highest BCUT2D eigenvalue weighted by atomic mass is 35.5. The second-order valence-corrected chi connectivity index (χ2v) is 5.14. The first kappa shape index (κ1) is 15.7. The third-order valence-electron chi connectivity index (χ3n) is 3.05. The van der Waals surface area contributed by atoms with E-state index in [0.717, 1.165) is 17.0 Å². The van der Waals surface area contributed by atoms with Crippen molar-refractivity contribution in [2.45, 2.75) is 6.54 Å². The molecule has 0 saturated carbocycles. The Morgan fingerprint density at radius 2 is 1.71 bits per heavy atom. The Labute approximate surface area is 134 Å². The maximum Gasteiger partial charge on any atom is 0.242 e. The van der Waals surface area contributed by atoms with E-state index in [4.69, 9.17) is 27.9 Å². The van der Waals surface area contributed by atoms with Crippen LogP contribution < -0.4 is 9.64 Å². The van der Waals surface area contributed by atoms with Gasteiger partial charge in [-0.05, 0) is 42.0 Å². The number of methoxy groups -OCH3 is 1. The monoisotopic (exact) mass is 323 g/mol. The summed E-state index contributed by atoms with van der Waals surface area (Å²) in [6, 6.07) is 14.7. The third kappa shape index (κ3) is 4.13. The molecule has 2 aromatic carbocycles. The SMILES string of the molecule is COc1ccc(CN(C(=O)CCl)c2ccc(Cl)cc2)cc1. The molecule has 0 fully saturated rings. The van der Waals surface area contributed by atoms with E-state index in [2.05, 4.69) is 0 Å². The molecule has 5 heteroatoms. The zero-order valence-electron chi connectivity index (χ0n) is 11.6. The number of rotatable bonds is 5. The summed E-state index contributed by atoms with van der Waals surface area (Å²) in [6.07, 6.45) is 0. The molecule has 110 valence electrons. The minimum atomic E-state index is -0.158. The van der Waals surface area contributed by atoms with E-state index in [9.17, 15) is 4.79 Å². The largest absolute Gasteiger partial charge is 0.497 e. The van der Waals surface area contributed by atoms with E-state index in [1.807, 2.05) is 24.3 Å². The van der Waals surface area contributed by atoms with Crippen molar-refractivity contribution in [2.75, 3.05) is 17.9 Å². The molecule has 0 bridgehead atoms. The molecule has 0 spiro atoms. The van der Waals surface area contributed by atoms with Crippen molar-refractivity contribution in [1.82, 2.24) is 0 Å². The Bertz CT molecular complexity index is 597. The number of ether oxygens (including phenoxy) is 1. The summed E-state index contributed by atoms with van der Waals surface area (Å²) in [5, 5.41) is 0.626. The van der Waals surface area contributed by atoms with Gasteiger partial charge in [-0.3, -0.25) is 4.79 Å². The first-order valence-corrected chi connectivity index (χ1v) is 7.30. The lowest BCUT2D eigenvalue weighted by Gasteiger charge is -2.22. The van der Waals surface area contributed by atoms with Crippen molar-refractivity contribution in [3.63, 3.8) is 0 Å². The molecule has 0 aliphatic rings. The van der Waals surface area contributed by atoms with Gasteiger partial charge in [-0.2, -0.15) is 0 Å². The normalized spacial score (nSPS) is 10.2. The first-order chi connectivity index (χ1) is 10.1. The average Bonchev–Trinajstić information content (AvgIpc) is 2.53. The fraction of sp³-hybridized carbons (Fsp3) is 0.188. The lowest BCUT2D eigenvalue weighted by atomic mass is 10.2. The van der Waals surface area contributed by atoms with Crippen LogP contribution in [0.15, 0.2) is 48.5 Å². The Hall–Kier alpha value is -1.71. The van der Waals surface area contributed by atoms with Gasteiger partial charge < -0.3 is 9.64 Å². The van der Waals surface area contributed by atoms with Gasteiger partial charge in [0.15, 0.2) is 0 Å². The van der Waals surface area contributed by atoms with Gasteiger partial charge in [-0.15, -0.1) is 11.6 Å². The molecule has 21 heavy (non-hydrogen) atoms. The van der Waals surface area contributed by atoms with E-state index < -0.39 is 0 Å². The van der Waals surface area contributed by atoms with Crippen molar-refractivity contribution in [1.29, 1.82) is 0 Å². The topological polar surface area (TPSA) is 29.5 Å². The van der Waals surface area contributed by atoms with Crippen molar-refractivity contribution in [3.05, 3.63) is 59.1 Å². The number of anilines is 1. The van der Waals surface area contributed by atoms with E-state index in [-0.39, 0.29) is 11.8 Å². The van der Waals surface area contributed by atoms with Crippen LogP contribution in [-0.2, 0) is 11.3 Å². The van der Waals surface area contributed by atoms with Crippen LogP contribution in [0.1, 0.15) is 5.56 Å². The summed E-state index contributed by atoms with van der Waals surface area (Å²) in [5.74, 6) is 0.550. The molecule has 0 unspecified atom stereocenters. The summed E-state index contributed by atoms with van der Waals surface area (Å²) >= 11 is 11.6. The fourth-order valence-electron chi connectivity index (χ4n) is 1.93. The molecular weight excluding hydrogens is 309 g/mol. The van der Waals surface area contributed by atoms with Crippen molar-refractivity contribution >= 4 is 34.8 Å². The standard InChI is InChI=1S/C16H15Cl2NO2/c1-21-15-8-2-12(3-9-15)11-19(16(20)10-17)14-6-4-13(18)5-7-14/h2-9H,10-11H2,1H3. The number of alkyl halides is 1. The molecule has 0 aliphatic heterocycles.